The highest BCUT2D eigenvalue weighted by Gasteiger charge is 2.17. The van der Waals surface area contributed by atoms with Crippen molar-refractivity contribution in [3.05, 3.63) is 89.1 Å². The van der Waals surface area contributed by atoms with Crippen LogP contribution in [0.15, 0.2) is 65.3 Å². The Labute approximate surface area is 158 Å². The van der Waals surface area contributed by atoms with E-state index < -0.39 is 0 Å². The molecule has 0 atom stereocenters. The highest BCUT2D eigenvalue weighted by Crippen LogP contribution is 2.22. The summed E-state index contributed by atoms with van der Waals surface area (Å²) in [6.07, 6.45) is 1.57. The molecule has 1 amide bonds. The summed E-state index contributed by atoms with van der Waals surface area (Å²) in [6, 6.07) is 15.6. The summed E-state index contributed by atoms with van der Waals surface area (Å²) >= 11 is 0. The topological polar surface area (TPSA) is 42.7 Å². The number of carbonyl (C=O) groups is 1. The Morgan fingerprint density at radius 3 is 2.33 bits per heavy atom. The number of hydrogen-bond acceptors (Lipinski definition) is 3. The van der Waals surface area contributed by atoms with Crippen LogP contribution in [0.4, 0.5) is 4.39 Å². The molecule has 4 nitrogen and oxygen atoms in total. The fraction of sp³-hybridized carbons (Fsp3) is 0.227. The summed E-state index contributed by atoms with van der Waals surface area (Å²) in [6.45, 7) is 4.49. The van der Waals surface area contributed by atoms with E-state index in [0.717, 1.165) is 22.4 Å². The Hall–Kier alpha value is -3.08. The molecule has 3 aromatic rings. The number of aryl methyl sites for hydroxylation is 2. The molecule has 1 heterocycles. The van der Waals surface area contributed by atoms with Crippen molar-refractivity contribution in [2.45, 2.75) is 26.9 Å². The van der Waals surface area contributed by atoms with E-state index in [0.29, 0.717) is 18.8 Å². The monoisotopic (exact) mass is 367 g/mol. The second-order valence-corrected chi connectivity index (χ2v) is 6.47. The molecule has 3 rings (SSSR count). The Balaban J connectivity index is 1.72. The lowest BCUT2D eigenvalue weighted by molar-refractivity contribution is -0.134. The van der Waals surface area contributed by atoms with Crippen molar-refractivity contribution in [1.29, 1.82) is 0 Å². The number of hydrogen-bond donors (Lipinski definition) is 0. The number of carbonyl (C=O) groups excluding carboxylic acids is 1. The van der Waals surface area contributed by atoms with Gasteiger partial charge in [-0.3, -0.25) is 4.79 Å². The first-order valence-corrected chi connectivity index (χ1v) is 8.76. The first-order chi connectivity index (χ1) is 13.0. The van der Waals surface area contributed by atoms with Crippen molar-refractivity contribution in [2.75, 3.05) is 6.61 Å². The van der Waals surface area contributed by atoms with Crippen molar-refractivity contribution >= 4 is 5.91 Å². The number of para-hydroxylation sites is 1. The lowest BCUT2D eigenvalue weighted by Gasteiger charge is -2.22. The van der Waals surface area contributed by atoms with Crippen LogP contribution in [-0.2, 0) is 17.9 Å². The third-order valence-electron chi connectivity index (χ3n) is 4.31. The average Bonchev–Trinajstić information content (AvgIpc) is 3.15. The molecule has 0 saturated heterocycles. The van der Waals surface area contributed by atoms with Gasteiger partial charge in [-0.25, -0.2) is 4.39 Å². The summed E-state index contributed by atoms with van der Waals surface area (Å²) < 4.78 is 24.3. The molecular weight excluding hydrogens is 345 g/mol. The largest absolute Gasteiger partial charge is 0.483 e. The summed E-state index contributed by atoms with van der Waals surface area (Å²) in [5.74, 6) is 0.933. The van der Waals surface area contributed by atoms with Crippen molar-refractivity contribution in [3.8, 4) is 5.75 Å². The lowest BCUT2D eigenvalue weighted by atomic mass is 10.1. The molecule has 0 spiro atoms. The zero-order valence-electron chi connectivity index (χ0n) is 15.4. The zero-order valence-corrected chi connectivity index (χ0v) is 15.4. The van der Waals surface area contributed by atoms with Crippen molar-refractivity contribution in [1.82, 2.24) is 4.90 Å². The number of nitrogens with zero attached hydrogens (tertiary/aromatic N) is 1. The number of benzene rings is 2. The minimum atomic E-state index is -0.305. The molecule has 0 aliphatic heterocycles. The van der Waals surface area contributed by atoms with E-state index in [-0.39, 0.29) is 18.3 Å². The van der Waals surface area contributed by atoms with Gasteiger partial charge in [-0.1, -0.05) is 30.3 Å². The summed E-state index contributed by atoms with van der Waals surface area (Å²) in [4.78, 5) is 14.5. The molecule has 27 heavy (non-hydrogen) atoms. The fourth-order valence-corrected chi connectivity index (χ4v) is 2.89. The van der Waals surface area contributed by atoms with Gasteiger partial charge in [0, 0.05) is 6.54 Å². The number of amides is 1. The van der Waals surface area contributed by atoms with Crippen LogP contribution < -0.4 is 4.74 Å². The first kappa shape index (κ1) is 18.7. The SMILES string of the molecule is Cc1cccc(C)c1OCC(=O)N(Cc1ccc(F)cc1)Cc1ccco1. The van der Waals surface area contributed by atoms with Gasteiger partial charge in [-0.15, -0.1) is 0 Å². The molecule has 0 radical (unpaired) electrons. The molecule has 0 fully saturated rings. The average molecular weight is 367 g/mol. The van der Waals surface area contributed by atoms with Gasteiger partial charge >= 0.3 is 0 Å². The third kappa shape index (κ3) is 4.97. The molecule has 140 valence electrons. The summed E-state index contributed by atoms with van der Waals surface area (Å²) in [7, 11) is 0. The lowest BCUT2D eigenvalue weighted by Crippen LogP contribution is -2.34. The Morgan fingerprint density at radius 2 is 1.70 bits per heavy atom. The molecule has 0 saturated carbocycles. The van der Waals surface area contributed by atoms with E-state index >= 15 is 0 Å². The van der Waals surface area contributed by atoms with Crippen LogP contribution in [0.2, 0.25) is 0 Å². The van der Waals surface area contributed by atoms with Crippen LogP contribution >= 0.6 is 0 Å². The highest BCUT2D eigenvalue weighted by molar-refractivity contribution is 5.77. The second-order valence-electron chi connectivity index (χ2n) is 6.47. The standard InChI is InChI=1S/C22H22FNO3/c1-16-5-3-6-17(2)22(16)27-15-21(25)24(14-20-7-4-12-26-20)13-18-8-10-19(23)11-9-18/h3-12H,13-15H2,1-2H3. The predicted molar refractivity (Wildman–Crippen MR) is 101 cm³/mol. The molecule has 5 heteroatoms. The second kappa shape index (κ2) is 8.54. The van der Waals surface area contributed by atoms with E-state index in [1.807, 2.05) is 38.1 Å². The van der Waals surface area contributed by atoms with Gasteiger partial charge in [0.1, 0.15) is 17.3 Å². The molecule has 0 unspecified atom stereocenters. The number of halogens is 1. The van der Waals surface area contributed by atoms with E-state index in [1.165, 1.54) is 12.1 Å². The highest BCUT2D eigenvalue weighted by atomic mass is 19.1. The van der Waals surface area contributed by atoms with Crippen molar-refractivity contribution in [3.63, 3.8) is 0 Å². The van der Waals surface area contributed by atoms with E-state index in [1.54, 1.807) is 29.4 Å². The van der Waals surface area contributed by atoms with Crippen LogP contribution in [0, 0.1) is 19.7 Å². The maximum Gasteiger partial charge on any atom is 0.261 e. The van der Waals surface area contributed by atoms with Gasteiger partial charge in [-0.2, -0.15) is 0 Å². The quantitative estimate of drug-likeness (QED) is 0.611. The minimum Gasteiger partial charge on any atom is -0.483 e. The van der Waals surface area contributed by atoms with Gasteiger partial charge in [0.15, 0.2) is 6.61 Å². The van der Waals surface area contributed by atoms with Crippen LogP contribution in [0.5, 0.6) is 5.75 Å². The van der Waals surface area contributed by atoms with Gasteiger partial charge in [0.2, 0.25) is 0 Å². The summed E-state index contributed by atoms with van der Waals surface area (Å²) in [5.41, 5.74) is 2.81. The Kier molecular flexibility index (Phi) is 5.91. The van der Waals surface area contributed by atoms with Gasteiger partial charge in [0.05, 0.1) is 12.8 Å². The van der Waals surface area contributed by atoms with Crippen LogP contribution in [0.1, 0.15) is 22.5 Å². The van der Waals surface area contributed by atoms with E-state index in [9.17, 15) is 9.18 Å². The normalized spacial score (nSPS) is 10.6. The van der Waals surface area contributed by atoms with Crippen LogP contribution in [-0.4, -0.2) is 17.4 Å². The van der Waals surface area contributed by atoms with Crippen molar-refractivity contribution < 1.29 is 18.3 Å². The zero-order chi connectivity index (χ0) is 19.2. The molecular formula is C22H22FNO3. The molecule has 2 aromatic carbocycles. The molecule has 0 N–H and O–H groups in total. The van der Waals surface area contributed by atoms with E-state index in [2.05, 4.69) is 0 Å². The van der Waals surface area contributed by atoms with Crippen LogP contribution in [0.3, 0.4) is 0 Å². The summed E-state index contributed by atoms with van der Waals surface area (Å²) in [5, 5.41) is 0. The fourth-order valence-electron chi connectivity index (χ4n) is 2.89. The van der Waals surface area contributed by atoms with E-state index in [4.69, 9.17) is 9.15 Å². The number of ether oxygens (including phenoxy) is 1. The maximum atomic E-state index is 13.2. The smallest absolute Gasteiger partial charge is 0.261 e. The Bertz CT molecular complexity index is 868. The van der Waals surface area contributed by atoms with Gasteiger partial charge in [0.25, 0.3) is 5.91 Å². The Morgan fingerprint density at radius 1 is 1.00 bits per heavy atom. The minimum absolute atomic E-state index is 0.0758. The van der Waals surface area contributed by atoms with Gasteiger partial charge < -0.3 is 14.1 Å². The first-order valence-electron chi connectivity index (χ1n) is 8.76. The molecule has 0 aliphatic carbocycles. The van der Waals surface area contributed by atoms with Crippen LogP contribution in [0.25, 0.3) is 0 Å². The van der Waals surface area contributed by atoms with Crippen molar-refractivity contribution in [2.24, 2.45) is 0 Å². The predicted octanol–water partition coefficient (Wildman–Crippen LogP) is 4.64. The molecule has 0 aliphatic rings. The maximum absolute atomic E-state index is 13.2. The molecule has 1 aromatic heterocycles. The number of furan rings is 1. The number of rotatable bonds is 7. The molecule has 0 bridgehead atoms. The third-order valence-corrected chi connectivity index (χ3v) is 4.31. The van der Waals surface area contributed by atoms with Gasteiger partial charge in [-0.05, 0) is 54.8 Å².